The number of nitrogens with one attached hydrogen (secondary N) is 1. The SMILES string of the molecule is C=CCCNC(=O)c1ccc(N)cc1N. The van der Waals surface area contributed by atoms with Gasteiger partial charge in [-0.1, -0.05) is 6.08 Å². The van der Waals surface area contributed by atoms with E-state index >= 15 is 0 Å². The van der Waals surface area contributed by atoms with E-state index in [0.29, 0.717) is 23.5 Å². The van der Waals surface area contributed by atoms with Crippen LogP contribution in [0.4, 0.5) is 11.4 Å². The van der Waals surface area contributed by atoms with Gasteiger partial charge in [-0.15, -0.1) is 6.58 Å². The molecule has 0 spiro atoms. The molecule has 0 aromatic heterocycles. The lowest BCUT2D eigenvalue weighted by atomic mass is 10.1. The fourth-order valence-corrected chi connectivity index (χ4v) is 1.17. The van der Waals surface area contributed by atoms with Crippen LogP contribution < -0.4 is 16.8 Å². The highest BCUT2D eigenvalue weighted by atomic mass is 16.1. The largest absolute Gasteiger partial charge is 0.399 e. The molecule has 5 N–H and O–H groups in total. The van der Waals surface area contributed by atoms with Gasteiger partial charge in [-0.25, -0.2) is 0 Å². The molecular formula is C11H15N3O. The van der Waals surface area contributed by atoms with Crippen molar-refractivity contribution in [2.24, 2.45) is 0 Å². The van der Waals surface area contributed by atoms with Gasteiger partial charge in [0.05, 0.1) is 5.56 Å². The van der Waals surface area contributed by atoms with E-state index in [-0.39, 0.29) is 5.91 Å². The molecular weight excluding hydrogens is 190 g/mol. The first-order valence-corrected chi connectivity index (χ1v) is 4.69. The van der Waals surface area contributed by atoms with Crippen LogP contribution in [0.5, 0.6) is 0 Å². The van der Waals surface area contributed by atoms with Crippen LogP contribution >= 0.6 is 0 Å². The van der Waals surface area contributed by atoms with Crippen molar-refractivity contribution in [3.05, 3.63) is 36.4 Å². The van der Waals surface area contributed by atoms with E-state index in [1.54, 1.807) is 24.3 Å². The zero-order chi connectivity index (χ0) is 11.3. The highest BCUT2D eigenvalue weighted by Crippen LogP contribution is 2.15. The average molecular weight is 205 g/mol. The molecule has 1 aromatic carbocycles. The standard InChI is InChI=1S/C11H15N3O/c1-2-3-6-14-11(15)9-5-4-8(12)7-10(9)13/h2,4-5,7H,1,3,6,12-13H2,(H,14,15). The van der Waals surface area contributed by atoms with Gasteiger partial charge in [0.25, 0.3) is 5.91 Å². The quantitative estimate of drug-likeness (QED) is 0.392. The molecule has 1 aromatic rings. The minimum absolute atomic E-state index is 0.186. The summed E-state index contributed by atoms with van der Waals surface area (Å²) in [6.07, 6.45) is 2.48. The predicted octanol–water partition coefficient (Wildman–Crippen LogP) is 1.16. The third-order valence-corrected chi connectivity index (χ3v) is 1.95. The number of carbonyl (C=O) groups is 1. The van der Waals surface area contributed by atoms with Crippen LogP contribution in [-0.2, 0) is 0 Å². The highest BCUT2D eigenvalue weighted by molar-refractivity contribution is 5.99. The number of amides is 1. The smallest absolute Gasteiger partial charge is 0.253 e. The third kappa shape index (κ3) is 3.02. The van der Waals surface area contributed by atoms with E-state index in [4.69, 9.17) is 11.5 Å². The van der Waals surface area contributed by atoms with Crippen LogP contribution in [0, 0.1) is 0 Å². The molecule has 0 atom stereocenters. The highest BCUT2D eigenvalue weighted by Gasteiger charge is 2.08. The summed E-state index contributed by atoms with van der Waals surface area (Å²) in [6, 6.07) is 4.84. The van der Waals surface area contributed by atoms with E-state index in [1.165, 1.54) is 0 Å². The molecule has 0 radical (unpaired) electrons. The summed E-state index contributed by atoms with van der Waals surface area (Å²) in [4.78, 5) is 11.6. The van der Waals surface area contributed by atoms with Crippen molar-refractivity contribution in [1.29, 1.82) is 0 Å². The van der Waals surface area contributed by atoms with E-state index in [9.17, 15) is 4.79 Å². The summed E-state index contributed by atoms with van der Waals surface area (Å²) in [5, 5.41) is 2.73. The van der Waals surface area contributed by atoms with Crippen LogP contribution in [0.2, 0.25) is 0 Å². The number of hydrogen-bond acceptors (Lipinski definition) is 3. The van der Waals surface area contributed by atoms with Crippen molar-refractivity contribution >= 4 is 17.3 Å². The Kier molecular flexibility index (Phi) is 3.74. The molecule has 0 aliphatic carbocycles. The van der Waals surface area contributed by atoms with Crippen LogP contribution in [-0.4, -0.2) is 12.5 Å². The topological polar surface area (TPSA) is 81.1 Å². The predicted molar refractivity (Wildman–Crippen MR) is 62.4 cm³/mol. The number of carbonyl (C=O) groups excluding carboxylic acids is 1. The Morgan fingerprint density at radius 3 is 2.80 bits per heavy atom. The molecule has 0 bridgehead atoms. The normalized spacial score (nSPS) is 9.60. The monoisotopic (exact) mass is 205 g/mol. The second-order valence-electron chi connectivity index (χ2n) is 3.18. The van der Waals surface area contributed by atoms with Crippen LogP contribution in [0.1, 0.15) is 16.8 Å². The molecule has 0 fully saturated rings. The first kappa shape index (κ1) is 11.1. The average Bonchev–Trinajstić information content (AvgIpc) is 2.17. The third-order valence-electron chi connectivity index (χ3n) is 1.95. The van der Waals surface area contributed by atoms with Gasteiger partial charge in [0.1, 0.15) is 0 Å². The summed E-state index contributed by atoms with van der Waals surface area (Å²) < 4.78 is 0. The first-order valence-electron chi connectivity index (χ1n) is 4.69. The van der Waals surface area contributed by atoms with E-state index < -0.39 is 0 Å². The first-order chi connectivity index (χ1) is 7.15. The molecule has 4 nitrogen and oxygen atoms in total. The Hall–Kier alpha value is -1.97. The zero-order valence-electron chi connectivity index (χ0n) is 8.49. The van der Waals surface area contributed by atoms with Crippen molar-refractivity contribution in [1.82, 2.24) is 5.32 Å². The molecule has 80 valence electrons. The second kappa shape index (κ2) is 5.05. The van der Waals surface area contributed by atoms with Crippen molar-refractivity contribution < 1.29 is 4.79 Å². The second-order valence-corrected chi connectivity index (χ2v) is 3.18. The van der Waals surface area contributed by atoms with Gasteiger partial charge in [-0.3, -0.25) is 4.79 Å². The Morgan fingerprint density at radius 1 is 1.47 bits per heavy atom. The fraction of sp³-hybridized carbons (Fsp3) is 0.182. The number of nitrogens with two attached hydrogens (primary N) is 2. The fourth-order valence-electron chi connectivity index (χ4n) is 1.17. The number of anilines is 2. The van der Waals surface area contributed by atoms with Crippen molar-refractivity contribution in [3.8, 4) is 0 Å². The lowest BCUT2D eigenvalue weighted by molar-refractivity contribution is 0.0955. The molecule has 0 aliphatic rings. The Balaban J connectivity index is 2.69. The molecule has 15 heavy (non-hydrogen) atoms. The molecule has 1 amide bonds. The van der Waals surface area contributed by atoms with Gasteiger partial charge < -0.3 is 16.8 Å². The zero-order valence-corrected chi connectivity index (χ0v) is 8.49. The maximum absolute atomic E-state index is 11.6. The van der Waals surface area contributed by atoms with Gasteiger partial charge >= 0.3 is 0 Å². The van der Waals surface area contributed by atoms with Gasteiger partial charge in [0, 0.05) is 17.9 Å². The lowest BCUT2D eigenvalue weighted by Gasteiger charge is -2.06. The Bertz CT molecular complexity index is 374. The molecule has 1 rings (SSSR count). The van der Waals surface area contributed by atoms with Crippen molar-refractivity contribution in [2.75, 3.05) is 18.0 Å². The summed E-state index contributed by atoms with van der Waals surface area (Å²) in [6.45, 7) is 4.13. The minimum Gasteiger partial charge on any atom is -0.399 e. The van der Waals surface area contributed by atoms with E-state index in [2.05, 4.69) is 11.9 Å². The molecule has 0 saturated carbocycles. The van der Waals surface area contributed by atoms with Crippen LogP contribution in [0.3, 0.4) is 0 Å². The lowest BCUT2D eigenvalue weighted by Crippen LogP contribution is -2.25. The number of nitrogen functional groups attached to an aromatic ring is 2. The molecule has 0 unspecified atom stereocenters. The summed E-state index contributed by atoms with van der Waals surface area (Å²) in [7, 11) is 0. The number of benzene rings is 1. The summed E-state index contributed by atoms with van der Waals surface area (Å²) in [5.74, 6) is -0.186. The Labute approximate surface area is 89.0 Å². The molecule has 0 heterocycles. The molecule has 0 aliphatic heterocycles. The summed E-state index contributed by atoms with van der Waals surface area (Å²) >= 11 is 0. The molecule has 0 saturated heterocycles. The number of hydrogen-bond donors (Lipinski definition) is 3. The molecule has 4 heteroatoms. The van der Waals surface area contributed by atoms with Crippen molar-refractivity contribution in [2.45, 2.75) is 6.42 Å². The number of rotatable bonds is 4. The van der Waals surface area contributed by atoms with E-state index in [0.717, 1.165) is 6.42 Å². The van der Waals surface area contributed by atoms with Crippen molar-refractivity contribution in [3.63, 3.8) is 0 Å². The van der Waals surface area contributed by atoms with Gasteiger partial charge in [0.15, 0.2) is 0 Å². The van der Waals surface area contributed by atoms with E-state index in [1.807, 2.05) is 0 Å². The maximum atomic E-state index is 11.6. The van der Waals surface area contributed by atoms with Gasteiger partial charge in [-0.05, 0) is 24.6 Å². The van der Waals surface area contributed by atoms with Gasteiger partial charge in [0.2, 0.25) is 0 Å². The van der Waals surface area contributed by atoms with Gasteiger partial charge in [-0.2, -0.15) is 0 Å². The van der Waals surface area contributed by atoms with Crippen LogP contribution in [0.25, 0.3) is 0 Å². The van der Waals surface area contributed by atoms with Crippen LogP contribution in [0.15, 0.2) is 30.9 Å². The Morgan fingerprint density at radius 2 is 2.20 bits per heavy atom. The minimum atomic E-state index is -0.186. The summed E-state index contributed by atoms with van der Waals surface area (Å²) in [5.41, 5.74) is 12.6. The maximum Gasteiger partial charge on any atom is 0.253 e.